The number of hydrogen-bond acceptors (Lipinski definition) is 4. The van der Waals surface area contributed by atoms with E-state index < -0.39 is 0 Å². The molecule has 3 aromatic rings. The minimum atomic E-state index is -0.0930. The van der Waals surface area contributed by atoms with Gasteiger partial charge in [0.2, 0.25) is 0 Å². The molecule has 0 fully saturated rings. The van der Waals surface area contributed by atoms with E-state index in [1.807, 2.05) is 47.8 Å². The van der Waals surface area contributed by atoms with Crippen LogP contribution in [0.3, 0.4) is 0 Å². The van der Waals surface area contributed by atoms with Crippen LogP contribution in [0.1, 0.15) is 16.1 Å². The number of thiazole rings is 1. The smallest absolute Gasteiger partial charge is 0.257 e. The van der Waals surface area contributed by atoms with E-state index in [4.69, 9.17) is 4.74 Å². The summed E-state index contributed by atoms with van der Waals surface area (Å²) in [6, 6.07) is 16.7. The first kappa shape index (κ1) is 15.2. The van der Waals surface area contributed by atoms with Crippen molar-refractivity contribution in [3.63, 3.8) is 0 Å². The minimum absolute atomic E-state index is 0.0930. The molecule has 0 atom stereocenters. The molecule has 0 unspecified atom stereocenters. The van der Waals surface area contributed by atoms with Gasteiger partial charge >= 0.3 is 0 Å². The molecule has 0 aliphatic rings. The van der Waals surface area contributed by atoms with E-state index in [1.54, 1.807) is 29.6 Å². The normalized spacial score (nSPS) is 10.3. The molecule has 5 heteroatoms. The first-order valence-electron chi connectivity index (χ1n) is 7.18. The molecule has 0 N–H and O–H groups in total. The second-order valence-electron chi connectivity index (χ2n) is 5.05. The SMILES string of the molecule is CN(Cc1cscn1)C(=O)c1ccccc1Oc1ccccc1. The van der Waals surface area contributed by atoms with Crippen LogP contribution in [0.4, 0.5) is 0 Å². The van der Waals surface area contributed by atoms with Crippen molar-refractivity contribution in [1.29, 1.82) is 0 Å². The third kappa shape index (κ3) is 3.76. The molecule has 0 radical (unpaired) electrons. The Morgan fingerprint density at radius 1 is 1.13 bits per heavy atom. The third-order valence-corrected chi connectivity index (χ3v) is 3.95. The molecular formula is C18H16N2O2S. The Labute approximate surface area is 139 Å². The van der Waals surface area contributed by atoms with E-state index >= 15 is 0 Å². The maximum absolute atomic E-state index is 12.7. The molecule has 1 aromatic heterocycles. The van der Waals surface area contributed by atoms with Crippen molar-refractivity contribution < 1.29 is 9.53 Å². The maximum Gasteiger partial charge on any atom is 0.257 e. The fraction of sp³-hybridized carbons (Fsp3) is 0.111. The summed E-state index contributed by atoms with van der Waals surface area (Å²) in [7, 11) is 1.76. The van der Waals surface area contributed by atoms with Crippen LogP contribution in [0, 0.1) is 0 Å². The van der Waals surface area contributed by atoms with Gasteiger partial charge in [-0.1, -0.05) is 30.3 Å². The number of para-hydroxylation sites is 2. The van der Waals surface area contributed by atoms with Crippen molar-refractivity contribution in [1.82, 2.24) is 9.88 Å². The summed E-state index contributed by atoms with van der Waals surface area (Å²) < 4.78 is 5.85. The number of hydrogen-bond donors (Lipinski definition) is 0. The van der Waals surface area contributed by atoms with Crippen molar-refractivity contribution >= 4 is 17.2 Å². The average Bonchev–Trinajstić information content (AvgIpc) is 3.08. The monoisotopic (exact) mass is 324 g/mol. The molecule has 4 nitrogen and oxygen atoms in total. The number of ether oxygens (including phenoxy) is 1. The second-order valence-corrected chi connectivity index (χ2v) is 5.77. The molecule has 0 saturated carbocycles. The van der Waals surface area contributed by atoms with Crippen molar-refractivity contribution in [2.24, 2.45) is 0 Å². The zero-order valence-corrected chi connectivity index (χ0v) is 13.5. The number of nitrogens with zero attached hydrogens (tertiary/aromatic N) is 2. The Bertz CT molecular complexity index is 773. The zero-order valence-electron chi connectivity index (χ0n) is 12.7. The van der Waals surface area contributed by atoms with Crippen LogP contribution in [0.5, 0.6) is 11.5 Å². The third-order valence-electron chi connectivity index (χ3n) is 3.32. The Kier molecular flexibility index (Phi) is 4.68. The fourth-order valence-corrected chi connectivity index (χ4v) is 2.73. The van der Waals surface area contributed by atoms with E-state index in [-0.39, 0.29) is 5.91 Å². The van der Waals surface area contributed by atoms with E-state index in [0.29, 0.717) is 23.6 Å². The molecule has 1 amide bonds. The van der Waals surface area contributed by atoms with Gasteiger partial charge in [0.25, 0.3) is 5.91 Å². The summed E-state index contributed by atoms with van der Waals surface area (Å²) in [5, 5.41) is 1.94. The molecule has 0 saturated heterocycles. The van der Waals surface area contributed by atoms with Crippen LogP contribution in [0.25, 0.3) is 0 Å². The molecule has 0 spiro atoms. The summed E-state index contributed by atoms with van der Waals surface area (Å²) in [5.74, 6) is 1.16. The lowest BCUT2D eigenvalue weighted by molar-refractivity contribution is 0.0781. The largest absolute Gasteiger partial charge is 0.457 e. The van der Waals surface area contributed by atoms with E-state index in [9.17, 15) is 4.79 Å². The number of carbonyl (C=O) groups excluding carboxylic acids is 1. The number of aromatic nitrogens is 1. The molecule has 0 aliphatic heterocycles. The molecule has 3 rings (SSSR count). The summed E-state index contributed by atoms with van der Waals surface area (Å²) >= 11 is 1.52. The highest BCUT2D eigenvalue weighted by molar-refractivity contribution is 7.07. The van der Waals surface area contributed by atoms with Crippen molar-refractivity contribution in [3.05, 3.63) is 76.7 Å². The average molecular weight is 324 g/mol. The molecular weight excluding hydrogens is 308 g/mol. The molecule has 1 heterocycles. The zero-order chi connectivity index (χ0) is 16.1. The van der Waals surface area contributed by atoms with Crippen LogP contribution in [-0.2, 0) is 6.54 Å². The highest BCUT2D eigenvalue weighted by Gasteiger charge is 2.17. The Balaban J connectivity index is 1.80. The lowest BCUT2D eigenvalue weighted by atomic mass is 10.1. The van der Waals surface area contributed by atoms with Crippen LogP contribution in [-0.4, -0.2) is 22.8 Å². The standard InChI is InChI=1S/C18H16N2O2S/c1-20(11-14-12-23-13-19-14)18(21)16-9-5-6-10-17(16)22-15-7-3-2-4-8-15/h2-10,12-13H,11H2,1H3. The van der Waals surface area contributed by atoms with Gasteiger partial charge in [-0.25, -0.2) is 4.98 Å². The predicted molar refractivity (Wildman–Crippen MR) is 90.9 cm³/mol. The molecule has 2 aromatic carbocycles. The van der Waals surface area contributed by atoms with Crippen LogP contribution < -0.4 is 4.74 Å². The van der Waals surface area contributed by atoms with Gasteiger partial charge in [0.05, 0.1) is 23.3 Å². The summed E-state index contributed by atoms with van der Waals surface area (Å²) in [5.41, 5.74) is 3.18. The lowest BCUT2D eigenvalue weighted by Gasteiger charge is -2.18. The van der Waals surface area contributed by atoms with E-state index in [1.165, 1.54) is 11.3 Å². The highest BCUT2D eigenvalue weighted by Crippen LogP contribution is 2.26. The number of carbonyl (C=O) groups is 1. The van der Waals surface area contributed by atoms with Gasteiger partial charge in [-0.3, -0.25) is 4.79 Å². The van der Waals surface area contributed by atoms with E-state index in [0.717, 1.165) is 5.69 Å². The molecule has 23 heavy (non-hydrogen) atoms. The first-order valence-corrected chi connectivity index (χ1v) is 8.13. The summed E-state index contributed by atoms with van der Waals surface area (Å²) in [6.07, 6.45) is 0. The van der Waals surface area contributed by atoms with Gasteiger partial charge in [-0.2, -0.15) is 0 Å². The first-order chi connectivity index (χ1) is 11.2. The van der Waals surface area contributed by atoms with Gasteiger partial charge < -0.3 is 9.64 Å². The highest BCUT2D eigenvalue weighted by atomic mass is 32.1. The topological polar surface area (TPSA) is 42.4 Å². The molecule has 0 bridgehead atoms. The second kappa shape index (κ2) is 7.07. The van der Waals surface area contributed by atoms with Crippen LogP contribution >= 0.6 is 11.3 Å². The lowest BCUT2D eigenvalue weighted by Crippen LogP contribution is -2.26. The predicted octanol–water partition coefficient (Wildman–Crippen LogP) is 4.21. The number of amides is 1. The van der Waals surface area contributed by atoms with Crippen molar-refractivity contribution in [2.75, 3.05) is 7.05 Å². The van der Waals surface area contributed by atoms with Crippen molar-refractivity contribution in [2.45, 2.75) is 6.54 Å². The number of rotatable bonds is 5. The fourth-order valence-electron chi connectivity index (χ4n) is 2.18. The molecule has 116 valence electrons. The van der Waals surface area contributed by atoms with E-state index in [2.05, 4.69) is 4.98 Å². The molecule has 0 aliphatic carbocycles. The van der Waals surface area contributed by atoms with Gasteiger partial charge in [0, 0.05) is 12.4 Å². The number of benzene rings is 2. The Morgan fingerprint density at radius 3 is 2.61 bits per heavy atom. The van der Waals surface area contributed by atoms with Gasteiger partial charge in [0.1, 0.15) is 11.5 Å². The maximum atomic E-state index is 12.7. The van der Waals surface area contributed by atoms with Gasteiger partial charge in [-0.15, -0.1) is 11.3 Å². The minimum Gasteiger partial charge on any atom is -0.457 e. The van der Waals surface area contributed by atoms with Gasteiger partial charge in [0.15, 0.2) is 0 Å². The quantitative estimate of drug-likeness (QED) is 0.706. The summed E-state index contributed by atoms with van der Waals surface area (Å²) in [6.45, 7) is 0.474. The van der Waals surface area contributed by atoms with Gasteiger partial charge in [-0.05, 0) is 24.3 Å². The van der Waals surface area contributed by atoms with Crippen LogP contribution in [0.15, 0.2) is 65.5 Å². The Hall–Kier alpha value is -2.66. The van der Waals surface area contributed by atoms with Crippen molar-refractivity contribution in [3.8, 4) is 11.5 Å². The van der Waals surface area contributed by atoms with Crippen LogP contribution in [0.2, 0.25) is 0 Å². The summed E-state index contributed by atoms with van der Waals surface area (Å²) in [4.78, 5) is 18.6. The Morgan fingerprint density at radius 2 is 1.87 bits per heavy atom.